The fraction of sp³-hybridized carbons (Fsp3) is 0.556. The normalized spacial score (nSPS) is 28.2. The number of aryl methyl sites for hydroxylation is 1. The average molecular weight is 360 g/mol. The Balaban J connectivity index is 1.35. The molecule has 2 heterocycles. The van der Waals surface area contributed by atoms with Gasteiger partial charge in [0.15, 0.2) is 5.16 Å². The Labute approximate surface area is 151 Å². The number of imidazole rings is 1. The van der Waals surface area contributed by atoms with Crippen molar-refractivity contribution in [1.29, 1.82) is 0 Å². The number of ether oxygens (including phenoxy) is 1. The van der Waals surface area contributed by atoms with Gasteiger partial charge in [-0.25, -0.2) is 4.98 Å². The zero-order chi connectivity index (χ0) is 17.6. The molecule has 0 unspecified atom stereocenters. The number of H-pyrrole nitrogens is 1. The topological polar surface area (TPSA) is 70.2 Å². The van der Waals surface area contributed by atoms with E-state index in [1.165, 1.54) is 17.3 Å². The minimum atomic E-state index is 0.0591. The van der Waals surface area contributed by atoms with Crippen molar-refractivity contribution in [1.82, 2.24) is 20.2 Å². The lowest BCUT2D eigenvalue weighted by Gasteiger charge is -2.50. The van der Waals surface area contributed by atoms with Crippen molar-refractivity contribution in [3.8, 4) is 0 Å². The van der Waals surface area contributed by atoms with Crippen molar-refractivity contribution in [2.24, 2.45) is 5.92 Å². The Morgan fingerprint density at radius 1 is 1.48 bits per heavy atom. The van der Waals surface area contributed by atoms with Crippen LogP contribution in [0.5, 0.6) is 0 Å². The highest BCUT2D eigenvalue weighted by atomic mass is 32.2. The van der Waals surface area contributed by atoms with Gasteiger partial charge in [0.1, 0.15) is 0 Å². The van der Waals surface area contributed by atoms with Gasteiger partial charge in [-0.1, -0.05) is 17.8 Å². The van der Waals surface area contributed by atoms with E-state index < -0.39 is 0 Å². The van der Waals surface area contributed by atoms with Crippen molar-refractivity contribution in [2.45, 2.75) is 36.7 Å². The molecule has 2 aromatic rings. The van der Waals surface area contributed by atoms with Gasteiger partial charge in [0.05, 0.1) is 35.0 Å². The van der Waals surface area contributed by atoms with E-state index in [1.807, 2.05) is 26.2 Å². The number of aromatic amines is 1. The van der Waals surface area contributed by atoms with Crippen LogP contribution < -0.4 is 5.32 Å². The zero-order valence-corrected chi connectivity index (χ0v) is 15.6. The molecule has 6 nitrogen and oxygen atoms in total. The van der Waals surface area contributed by atoms with Crippen molar-refractivity contribution in [3.05, 3.63) is 23.8 Å². The van der Waals surface area contributed by atoms with Crippen LogP contribution in [0.15, 0.2) is 23.4 Å². The number of benzene rings is 1. The number of carbonyl (C=O) groups excluding carboxylic acids is 1. The quantitative estimate of drug-likeness (QED) is 0.796. The lowest BCUT2D eigenvalue weighted by Crippen LogP contribution is -2.69. The maximum absolute atomic E-state index is 12.4. The smallest absolute Gasteiger partial charge is 0.230 e. The van der Waals surface area contributed by atoms with Gasteiger partial charge in [-0.15, -0.1) is 0 Å². The third-order valence-electron chi connectivity index (χ3n) is 5.23. The molecule has 0 radical (unpaired) electrons. The van der Waals surface area contributed by atoms with Gasteiger partial charge in [0, 0.05) is 12.5 Å². The molecule has 1 aromatic heterocycles. The molecule has 2 N–H and O–H groups in total. The molecule has 25 heavy (non-hydrogen) atoms. The summed E-state index contributed by atoms with van der Waals surface area (Å²) in [6.07, 6.45) is 1.31. The van der Waals surface area contributed by atoms with E-state index in [0.717, 1.165) is 29.2 Å². The van der Waals surface area contributed by atoms with E-state index in [9.17, 15) is 4.79 Å². The highest BCUT2D eigenvalue weighted by Crippen LogP contribution is 2.41. The van der Waals surface area contributed by atoms with Crippen LogP contribution in [0, 0.1) is 12.8 Å². The Hall–Kier alpha value is -1.57. The molecular weight excluding hydrogens is 336 g/mol. The Bertz CT molecular complexity index is 790. The fourth-order valence-electron chi connectivity index (χ4n) is 4.01. The number of hydrogen-bond acceptors (Lipinski definition) is 5. The predicted molar refractivity (Wildman–Crippen MR) is 98.8 cm³/mol. The highest BCUT2D eigenvalue weighted by Gasteiger charge is 2.55. The van der Waals surface area contributed by atoms with Crippen LogP contribution in [-0.4, -0.2) is 65.4 Å². The number of nitrogens with one attached hydrogen (secondary N) is 2. The molecule has 1 aromatic carbocycles. The Kier molecular flexibility index (Phi) is 4.47. The number of aromatic nitrogens is 2. The summed E-state index contributed by atoms with van der Waals surface area (Å²) in [6.45, 7) is 2.86. The predicted octanol–water partition coefficient (Wildman–Crippen LogP) is 1.80. The molecular formula is C18H24N4O2S. The number of carbonyl (C=O) groups is 1. The van der Waals surface area contributed by atoms with Crippen LogP contribution in [0.25, 0.3) is 11.0 Å². The molecule has 4 rings (SSSR count). The number of likely N-dealkylation sites (N-methyl/N-ethyl adjacent to an activating group) is 1. The second-order valence-corrected chi connectivity index (χ2v) is 8.15. The minimum Gasteiger partial charge on any atom is -0.376 e. The van der Waals surface area contributed by atoms with Crippen molar-refractivity contribution >= 4 is 28.7 Å². The number of amides is 1. The number of thioether (sulfide) groups is 1. The molecule has 1 aliphatic heterocycles. The van der Waals surface area contributed by atoms with Crippen LogP contribution >= 0.6 is 11.8 Å². The van der Waals surface area contributed by atoms with Crippen molar-refractivity contribution in [2.75, 3.05) is 26.5 Å². The molecule has 134 valence electrons. The molecule has 1 aliphatic carbocycles. The SMILES string of the molecule is Cc1ccc2nc(SCC(=O)N[C@H]3[C@H]4CCO[C@H]4[C@@H]3N(C)C)[nH]c2c1. The number of rotatable bonds is 5. The summed E-state index contributed by atoms with van der Waals surface area (Å²) in [5.74, 6) is 0.882. The van der Waals surface area contributed by atoms with E-state index in [-0.39, 0.29) is 24.1 Å². The van der Waals surface area contributed by atoms with Gasteiger partial charge in [-0.2, -0.15) is 0 Å². The maximum atomic E-state index is 12.4. The van der Waals surface area contributed by atoms with E-state index in [0.29, 0.717) is 11.7 Å². The third kappa shape index (κ3) is 3.16. The molecule has 0 spiro atoms. The minimum absolute atomic E-state index is 0.0591. The number of hydrogen-bond donors (Lipinski definition) is 2. The fourth-order valence-corrected chi connectivity index (χ4v) is 4.71. The second-order valence-electron chi connectivity index (χ2n) is 7.19. The number of nitrogens with zero attached hydrogens (tertiary/aromatic N) is 2. The van der Waals surface area contributed by atoms with Gasteiger partial charge in [0.2, 0.25) is 5.91 Å². The van der Waals surface area contributed by atoms with Gasteiger partial charge < -0.3 is 19.9 Å². The molecule has 2 fully saturated rings. The van der Waals surface area contributed by atoms with Gasteiger partial charge in [-0.3, -0.25) is 4.79 Å². The molecule has 1 saturated heterocycles. The summed E-state index contributed by atoms with van der Waals surface area (Å²) in [5.41, 5.74) is 3.14. The Morgan fingerprint density at radius 3 is 3.12 bits per heavy atom. The van der Waals surface area contributed by atoms with E-state index in [2.05, 4.69) is 33.2 Å². The molecule has 4 atom stereocenters. The molecule has 1 saturated carbocycles. The van der Waals surface area contributed by atoms with E-state index in [1.54, 1.807) is 0 Å². The van der Waals surface area contributed by atoms with Gasteiger partial charge in [0.25, 0.3) is 0 Å². The third-order valence-corrected chi connectivity index (χ3v) is 6.10. The van der Waals surface area contributed by atoms with Crippen LogP contribution in [0.4, 0.5) is 0 Å². The van der Waals surface area contributed by atoms with Gasteiger partial charge >= 0.3 is 0 Å². The first-order valence-electron chi connectivity index (χ1n) is 8.69. The first-order valence-corrected chi connectivity index (χ1v) is 9.68. The summed E-state index contributed by atoms with van der Waals surface area (Å²) >= 11 is 1.45. The van der Waals surface area contributed by atoms with Crippen LogP contribution in [0.2, 0.25) is 0 Å². The lowest BCUT2D eigenvalue weighted by atomic mass is 9.71. The molecule has 7 heteroatoms. The number of fused-ring (bicyclic) bond motifs is 2. The highest BCUT2D eigenvalue weighted by molar-refractivity contribution is 7.99. The largest absolute Gasteiger partial charge is 0.376 e. The maximum Gasteiger partial charge on any atom is 0.230 e. The van der Waals surface area contributed by atoms with Crippen LogP contribution in [0.1, 0.15) is 12.0 Å². The average Bonchev–Trinajstić information content (AvgIpc) is 3.14. The van der Waals surface area contributed by atoms with Crippen LogP contribution in [-0.2, 0) is 9.53 Å². The summed E-state index contributed by atoms with van der Waals surface area (Å²) < 4.78 is 5.80. The molecule has 0 bridgehead atoms. The summed E-state index contributed by atoms with van der Waals surface area (Å²) in [6, 6.07) is 6.58. The summed E-state index contributed by atoms with van der Waals surface area (Å²) in [5, 5.41) is 4.00. The standard InChI is InChI=1S/C18H24N4O2S/c1-10-4-5-12-13(8-10)20-18(19-12)25-9-14(23)21-15-11-6-7-24-17(11)16(15)22(2)3/h4-5,8,11,15-17H,6-7,9H2,1-3H3,(H,19,20)(H,21,23)/t11-,15+,16-,17-/m1/s1. The zero-order valence-electron chi connectivity index (χ0n) is 14.8. The first-order chi connectivity index (χ1) is 12.0. The molecule has 1 amide bonds. The van der Waals surface area contributed by atoms with Crippen molar-refractivity contribution < 1.29 is 9.53 Å². The lowest BCUT2D eigenvalue weighted by molar-refractivity contribution is -0.125. The first kappa shape index (κ1) is 16.9. The van der Waals surface area contributed by atoms with Crippen molar-refractivity contribution in [3.63, 3.8) is 0 Å². The molecule has 2 aliphatic rings. The van der Waals surface area contributed by atoms with E-state index >= 15 is 0 Å². The Morgan fingerprint density at radius 2 is 2.32 bits per heavy atom. The summed E-state index contributed by atoms with van der Waals surface area (Å²) in [4.78, 5) is 22.4. The summed E-state index contributed by atoms with van der Waals surface area (Å²) in [7, 11) is 4.10. The van der Waals surface area contributed by atoms with Crippen LogP contribution in [0.3, 0.4) is 0 Å². The monoisotopic (exact) mass is 360 g/mol. The van der Waals surface area contributed by atoms with Gasteiger partial charge in [-0.05, 0) is 45.1 Å². The van der Waals surface area contributed by atoms with E-state index in [4.69, 9.17) is 4.74 Å². The second kappa shape index (κ2) is 6.63.